The van der Waals surface area contributed by atoms with Gasteiger partial charge in [0.05, 0.1) is 7.11 Å². The van der Waals surface area contributed by atoms with Crippen molar-refractivity contribution < 1.29 is 18.5 Å². The monoisotopic (exact) mass is 196 g/mol. The second-order valence-electron chi connectivity index (χ2n) is 2.44. The predicted molar refractivity (Wildman–Crippen MR) is 45.6 cm³/mol. The van der Waals surface area contributed by atoms with E-state index in [-0.39, 0.29) is 12.3 Å². The van der Waals surface area contributed by atoms with Crippen LogP contribution in [0.2, 0.25) is 0 Å². The van der Waals surface area contributed by atoms with E-state index in [0.717, 1.165) is 7.11 Å². The molecule has 0 saturated carbocycles. The molecule has 0 spiro atoms. The lowest BCUT2D eigenvalue weighted by Crippen LogP contribution is -2.19. The minimum atomic E-state index is -2.99. The van der Waals surface area contributed by atoms with E-state index in [0.29, 0.717) is 0 Å². The average Bonchev–Trinajstić information content (AvgIpc) is 2.14. The third-order valence-electron chi connectivity index (χ3n) is 1.88. The zero-order chi connectivity index (χ0) is 9.78. The van der Waals surface area contributed by atoms with Gasteiger partial charge in [0.2, 0.25) is 5.91 Å². The molecule has 0 bridgehead atoms. The summed E-state index contributed by atoms with van der Waals surface area (Å²) in [4.78, 5) is 10.7. The standard InChI is InChI=1S/C7H14FO3P/c1-4-12(10,5-2)6(8)7(9)11-3/h6H,4-5H2,1-3H3. The first-order valence-electron chi connectivity index (χ1n) is 3.81. The Balaban J connectivity index is 4.53. The number of carbonyl (C=O) groups is 1. The van der Waals surface area contributed by atoms with Crippen molar-refractivity contribution in [2.45, 2.75) is 19.8 Å². The first-order chi connectivity index (χ1) is 5.51. The highest BCUT2D eigenvalue weighted by molar-refractivity contribution is 7.65. The number of carbonyl (C=O) groups excluding carboxylic acids is 1. The highest BCUT2D eigenvalue weighted by Crippen LogP contribution is 2.50. The molecule has 5 heteroatoms. The van der Waals surface area contributed by atoms with Crippen LogP contribution in [-0.4, -0.2) is 31.3 Å². The Morgan fingerprint density at radius 3 is 2.17 bits per heavy atom. The van der Waals surface area contributed by atoms with Crippen LogP contribution >= 0.6 is 7.14 Å². The number of methoxy groups -OCH3 is 1. The van der Waals surface area contributed by atoms with Gasteiger partial charge in [-0.3, -0.25) is 0 Å². The number of halogens is 1. The van der Waals surface area contributed by atoms with Crippen molar-refractivity contribution in [1.82, 2.24) is 0 Å². The highest BCUT2D eigenvalue weighted by atomic mass is 31.2. The molecular weight excluding hydrogens is 182 g/mol. The lowest BCUT2D eigenvalue weighted by Gasteiger charge is -2.16. The van der Waals surface area contributed by atoms with Gasteiger partial charge in [-0.25, -0.2) is 9.18 Å². The van der Waals surface area contributed by atoms with E-state index >= 15 is 0 Å². The molecule has 1 unspecified atom stereocenters. The van der Waals surface area contributed by atoms with Crippen molar-refractivity contribution in [2.24, 2.45) is 0 Å². The van der Waals surface area contributed by atoms with Crippen LogP contribution in [0.1, 0.15) is 13.8 Å². The molecule has 3 nitrogen and oxygen atoms in total. The van der Waals surface area contributed by atoms with Crippen LogP contribution in [0.3, 0.4) is 0 Å². The molecule has 0 aromatic carbocycles. The Morgan fingerprint density at radius 1 is 1.50 bits per heavy atom. The first-order valence-corrected chi connectivity index (χ1v) is 5.96. The Labute approximate surface area is 71.7 Å². The minimum Gasteiger partial charge on any atom is -0.467 e. The molecule has 0 aromatic heterocycles. The van der Waals surface area contributed by atoms with Gasteiger partial charge in [-0.05, 0) is 0 Å². The second-order valence-corrected chi connectivity index (χ2v) is 6.07. The number of alkyl halides is 1. The Hall–Kier alpha value is -0.370. The summed E-state index contributed by atoms with van der Waals surface area (Å²) >= 11 is 0. The zero-order valence-electron chi connectivity index (χ0n) is 7.54. The molecule has 0 fully saturated rings. The lowest BCUT2D eigenvalue weighted by molar-refractivity contribution is -0.143. The van der Waals surface area contributed by atoms with Gasteiger partial charge in [0.1, 0.15) is 7.14 Å². The Bertz CT molecular complexity index is 197. The van der Waals surface area contributed by atoms with Crippen LogP contribution < -0.4 is 0 Å². The van der Waals surface area contributed by atoms with E-state index in [2.05, 4.69) is 4.74 Å². The summed E-state index contributed by atoms with van der Waals surface area (Å²) < 4.78 is 28.9. The molecule has 0 aliphatic rings. The van der Waals surface area contributed by atoms with E-state index in [1.165, 1.54) is 0 Å². The summed E-state index contributed by atoms with van der Waals surface area (Å²) in [6.45, 7) is 3.22. The molecular formula is C7H14FO3P. The summed E-state index contributed by atoms with van der Waals surface area (Å²) in [5, 5.41) is 0. The molecule has 0 rings (SSSR count). The van der Waals surface area contributed by atoms with E-state index in [1.807, 2.05) is 0 Å². The fourth-order valence-electron chi connectivity index (χ4n) is 0.834. The molecule has 0 amide bonds. The SMILES string of the molecule is CCP(=O)(CC)C(F)C(=O)OC. The van der Waals surface area contributed by atoms with Gasteiger partial charge in [-0.1, -0.05) is 13.8 Å². The van der Waals surface area contributed by atoms with Gasteiger partial charge >= 0.3 is 5.97 Å². The minimum absolute atomic E-state index is 0.194. The molecule has 0 saturated heterocycles. The Kier molecular flexibility index (Phi) is 4.46. The van der Waals surface area contributed by atoms with Crippen molar-refractivity contribution in [3.05, 3.63) is 0 Å². The molecule has 12 heavy (non-hydrogen) atoms. The van der Waals surface area contributed by atoms with Crippen LogP contribution in [0, 0.1) is 0 Å². The largest absolute Gasteiger partial charge is 0.467 e. The molecule has 1 atom stereocenters. The van der Waals surface area contributed by atoms with Crippen molar-refractivity contribution in [3.8, 4) is 0 Å². The second kappa shape index (κ2) is 4.61. The topological polar surface area (TPSA) is 43.4 Å². The van der Waals surface area contributed by atoms with E-state index < -0.39 is 19.0 Å². The molecule has 0 radical (unpaired) electrons. The molecule has 72 valence electrons. The number of ether oxygens (including phenoxy) is 1. The summed E-state index contributed by atoms with van der Waals surface area (Å²) in [5.41, 5.74) is 0. The van der Waals surface area contributed by atoms with Gasteiger partial charge < -0.3 is 9.30 Å². The van der Waals surface area contributed by atoms with Gasteiger partial charge in [0.25, 0.3) is 0 Å². The number of hydrogen-bond donors (Lipinski definition) is 0. The van der Waals surface area contributed by atoms with Crippen molar-refractivity contribution in [3.63, 3.8) is 0 Å². The molecule has 0 aliphatic heterocycles. The quantitative estimate of drug-likeness (QED) is 0.509. The van der Waals surface area contributed by atoms with Gasteiger partial charge in [-0.2, -0.15) is 0 Å². The molecule has 0 aromatic rings. The van der Waals surface area contributed by atoms with Crippen molar-refractivity contribution >= 4 is 13.1 Å². The van der Waals surface area contributed by atoms with Gasteiger partial charge in [0.15, 0.2) is 0 Å². The van der Waals surface area contributed by atoms with Crippen molar-refractivity contribution in [2.75, 3.05) is 19.4 Å². The van der Waals surface area contributed by atoms with Crippen molar-refractivity contribution in [1.29, 1.82) is 0 Å². The van der Waals surface area contributed by atoms with Gasteiger partial charge in [0, 0.05) is 12.3 Å². The Morgan fingerprint density at radius 2 is 1.92 bits per heavy atom. The van der Waals surface area contributed by atoms with E-state index in [4.69, 9.17) is 0 Å². The zero-order valence-corrected chi connectivity index (χ0v) is 8.44. The molecule has 0 heterocycles. The number of esters is 1. The van der Waals surface area contributed by atoms with Crippen LogP contribution in [0.4, 0.5) is 4.39 Å². The van der Waals surface area contributed by atoms with Gasteiger partial charge in [-0.15, -0.1) is 0 Å². The highest BCUT2D eigenvalue weighted by Gasteiger charge is 2.36. The maximum absolute atomic E-state index is 13.1. The van der Waals surface area contributed by atoms with E-state index in [1.54, 1.807) is 13.8 Å². The molecule has 0 aliphatic carbocycles. The summed E-state index contributed by atoms with van der Waals surface area (Å²) in [5.74, 6) is -2.97. The summed E-state index contributed by atoms with van der Waals surface area (Å²) in [7, 11) is -1.90. The third-order valence-corrected chi connectivity index (χ3v) is 5.06. The van der Waals surface area contributed by atoms with Crippen LogP contribution in [0.5, 0.6) is 0 Å². The summed E-state index contributed by atoms with van der Waals surface area (Å²) in [6, 6.07) is 0. The fraction of sp³-hybridized carbons (Fsp3) is 0.857. The first kappa shape index (κ1) is 11.6. The fourth-order valence-corrected chi connectivity index (χ4v) is 2.41. The average molecular weight is 196 g/mol. The van der Waals surface area contributed by atoms with Crippen LogP contribution in [0.15, 0.2) is 0 Å². The lowest BCUT2D eigenvalue weighted by atomic mass is 10.8. The smallest absolute Gasteiger partial charge is 0.348 e. The third kappa shape index (κ3) is 2.31. The maximum Gasteiger partial charge on any atom is 0.348 e. The van der Waals surface area contributed by atoms with Crippen LogP contribution in [0.25, 0.3) is 0 Å². The number of rotatable bonds is 4. The summed E-state index contributed by atoms with van der Waals surface area (Å²) in [6.07, 6.45) is 0.388. The normalized spacial score (nSPS) is 14.0. The maximum atomic E-state index is 13.1. The molecule has 0 N–H and O–H groups in total. The van der Waals surface area contributed by atoms with E-state index in [9.17, 15) is 13.8 Å². The number of hydrogen-bond acceptors (Lipinski definition) is 3. The van der Waals surface area contributed by atoms with Crippen LogP contribution in [-0.2, 0) is 14.1 Å². The predicted octanol–water partition coefficient (Wildman–Crippen LogP) is 1.86.